The molecule has 0 aliphatic heterocycles. The highest BCUT2D eigenvalue weighted by molar-refractivity contribution is 5.81. The van der Waals surface area contributed by atoms with E-state index >= 15 is 0 Å². The lowest BCUT2D eigenvalue weighted by Crippen LogP contribution is -2.43. The molecule has 5 heteroatoms. The van der Waals surface area contributed by atoms with Crippen molar-refractivity contribution in [3.05, 3.63) is 30.3 Å². The first kappa shape index (κ1) is 16.8. The molecule has 2 aliphatic rings. The van der Waals surface area contributed by atoms with E-state index in [1.165, 1.54) is 19.8 Å². The van der Waals surface area contributed by atoms with E-state index < -0.39 is 0 Å². The zero-order chi connectivity index (χ0) is 16.9. The van der Waals surface area contributed by atoms with Crippen LogP contribution in [0.1, 0.15) is 32.6 Å². The third kappa shape index (κ3) is 4.73. The molecule has 0 heterocycles. The van der Waals surface area contributed by atoms with Crippen molar-refractivity contribution in [1.82, 2.24) is 10.6 Å². The van der Waals surface area contributed by atoms with Crippen molar-refractivity contribution in [2.45, 2.75) is 38.6 Å². The van der Waals surface area contributed by atoms with Crippen LogP contribution in [-0.2, 0) is 9.59 Å². The number of ether oxygens (including phenoxy) is 1. The summed E-state index contributed by atoms with van der Waals surface area (Å²) in [5.74, 6) is 1.62. The average molecular weight is 330 g/mol. The van der Waals surface area contributed by atoms with E-state index in [-0.39, 0.29) is 29.7 Å². The lowest BCUT2D eigenvalue weighted by Gasteiger charge is -2.19. The molecule has 24 heavy (non-hydrogen) atoms. The molecule has 0 saturated heterocycles. The van der Waals surface area contributed by atoms with Crippen LogP contribution in [0.3, 0.4) is 0 Å². The van der Waals surface area contributed by atoms with Gasteiger partial charge in [-0.25, -0.2) is 0 Å². The number of nitrogens with one attached hydrogen (secondary N) is 2. The van der Waals surface area contributed by atoms with E-state index in [1.54, 1.807) is 0 Å². The highest BCUT2D eigenvalue weighted by Gasteiger charge is 2.39. The summed E-state index contributed by atoms with van der Waals surface area (Å²) in [4.78, 5) is 23.9. The molecule has 2 amide bonds. The predicted molar refractivity (Wildman–Crippen MR) is 91.5 cm³/mol. The Morgan fingerprint density at radius 1 is 1.12 bits per heavy atom. The molecule has 0 radical (unpaired) electrons. The lowest BCUT2D eigenvalue weighted by atomic mass is 10.0. The molecule has 2 N–H and O–H groups in total. The summed E-state index contributed by atoms with van der Waals surface area (Å²) in [6.07, 6.45) is 3.98. The summed E-state index contributed by atoms with van der Waals surface area (Å²) in [6.45, 7) is 2.85. The molecule has 5 nitrogen and oxygen atoms in total. The average Bonchev–Trinajstić information content (AvgIpc) is 3.31. The van der Waals surface area contributed by atoms with E-state index in [1.807, 2.05) is 30.3 Å². The first-order valence-corrected chi connectivity index (χ1v) is 8.84. The van der Waals surface area contributed by atoms with Crippen LogP contribution >= 0.6 is 0 Å². The molecule has 0 spiro atoms. The maximum atomic E-state index is 12.5. The normalized spacial score (nSPS) is 26.0. The first-order valence-electron chi connectivity index (χ1n) is 8.84. The van der Waals surface area contributed by atoms with Crippen molar-refractivity contribution < 1.29 is 14.3 Å². The molecule has 130 valence electrons. The smallest absolute Gasteiger partial charge is 0.225 e. The molecule has 0 unspecified atom stereocenters. The first-order chi connectivity index (χ1) is 11.6. The van der Waals surface area contributed by atoms with Crippen LogP contribution in [0.4, 0.5) is 0 Å². The van der Waals surface area contributed by atoms with Crippen molar-refractivity contribution in [3.63, 3.8) is 0 Å². The Labute approximate surface area is 143 Å². The summed E-state index contributed by atoms with van der Waals surface area (Å²) in [5, 5.41) is 6.00. The van der Waals surface area contributed by atoms with Gasteiger partial charge in [0.15, 0.2) is 0 Å². The van der Waals surface area contributed by atoms with Gasteiger partial charge in [-0.1, -0.05) is 18.2 Å². The predicted octanol–water partition coefficient (Wildman–Crippen LogP) is 2.12. The van der Waals surface area contributed by atoms with Crippen molar-refractivity contribution in [2.24, 2.45) is 17.8 Å². The van der Waals surface area contributed by atoms with E-state index in [0.29, 0.717) is 12.5 Å². The van der Waals surface area contributed by atoms with Crippen molar-refractivity contribution in [3.8, 4) is 5.75 Å². The van der Waals surface area contributed by atoms with Crippen molar-refractivity contribution in [1.29, 1.82) is 0 Å². The SMILES string of the molecule is CC(=O)N[C@@H]1C[C@H](COc2ccccc2)C[C@H]1C(=O)NCC1CC1. The number of hydrogen-bond donors (Lipinski definition) is 2. The Morgan fingerprint density at radius 3 is 2.54 bits per heavy atom. The number of para-hydroxylation sites is 1. The molecule has 1 aromatic rings. The van der Waals surface area contributed by atoms with Crippen LogP contribution in [0.5, 0.6) is 5.75 Å². The van der Waals surface area contributed by atoms with Gasteiger partial charge >= 0.3 is 0 Å². The van der Waals surface area contributed by atoms with E-state index in [0.717, 1.165) is 25.1 Å². The number of carbonyl (C=O) groups excluding carboxylic acids is 2. The topological polar surface area (TPSA) is 67.4 Å². The van der Waals surface area contributed by atoms with Crippen molar-refractivity contribution in [2.75, 3.05) is 13.2 Å². The van der Waals surface area contributed by atoms with E-state index in [4.69, 9.17) is 4.74 Å². The summed E-state index contributed by atoms with van der Waals surface area (Å²) >= 11 is 0. The van der Waals surface area contributed by atoms with Crippen LogP contribution in [0.2, 0.25) is 0 Å². The van der Waals surface area contributed by atoms with Gasteiger partial charge in [0.1, 0.15) is 5.75 Å². The van der Waals surface area contributed by atoms with Crippen LogP contribution in [0, 0.1) is 17.8 Å². The fourth-order valence-electron chi connectivity index (χ4n) is 3.42. The van der Waals surface area contributed by atoms with Gasteiger partial charge < -0.3 is 15.4 Å². The van der Waals surface area contributed by atoms with Crippen LogP contribution in [-0.4, -0.2) is 31.0 Å². The summed E-state index contributed by atoms with van der Waals surface area (Å²) in [7, 11) is 0. The second-order valence-corrected chi connectivity index (χ2v) is 7.06. The number of amides is 2. The van der Waals surface area contributed by atoms with Gasteiger partial charge in [-0.3, -0.25) is 9.59 Å². The molecule has 2 aliphatic carbocycles. The maximum Gasteiger partial charge on any atom is 0.225 e. The molecule has 2 fully saturated rings. The number of carbonyl (C=O) groups is 2. The highest BCUT2D eigenvalue weighted by atomic mass is 16.5. The second-order valence-electron chi connectivity index (χ2n) is 7.06. The summed E-state index contributed by atoms with van der Waals surface area (Å²) < 4.78 is 5.84. The van der Waals surface area contributed by atoms with Gasteiger partial charge in [0.25, 0.3) is 0 Å². The second kappa shape index (κ2) is 7.69. The third-order valence-corrected chi connectivity index (χ3v) is 4.88. The molecular weight excluding hydrogens is 304 g/mol. The zero-order valence-corrected chi connectivity index (χ0v) is 14.2. The largest absolute Gasteiger partial charge is 0.493 e. The van der Waals surface area contributed by atoms with Gasteiger partial charge in [0.2, 0.25) is 11.8 Å². The fourth-order valence-corrected chi connectivity index (χ4v) is 3.42. The molecule has 3 rings (SSSR count). The van der Waals surface area contributed by atoms with E-state index in [2.05, 4.69) is 10.6 Å². The van der Waals surface area contributed by atoms with Gasteiger partial charge in [0, 0.05) is 19.5 Å². The van der Waals surface area contributed by atoms with Crippen LogP contribution < -0.4 is 15.4 Å². The maximum absolute atomic E-state index is 12.5. The Morgan fingerprint density at radius 2 is 1.88 bits per heavy atom. The van der Waals surface area contributed by atoms with Gasteiger partial charge in [-0.05, 0) is 49.7 Å². The molecular formula is C19H26N2O3. The van der Waals surface area contributed by atoms with Gasteiger partial charge in [-0.15, -0.1) is 0 Å². The summed E-state index contributed by atoms with van der Waals surface area (Å²) in [6, 6.07) is 9.61. The molecule has 2 saturated carbocycles. The Balaban J connectivity index is 1.54. The monoisotopic (exact) mass is 330 g/mol. The fraction of sp³-hybridized carbons (Fsp3) is 0.579. The van der Waals surface area contributed by atoms with Gasteiger partial charge in [-0.2, -0.15) is 0 Å². The molecule has 3 atom stereocenters. The molecule has 1 aromatic carbocycles. The highest BCUT2D eigenvalue weighted by Crippen LogP contribution is 2.33. The Kier molecular flexibility index (Phi) is 5.38. The molecule has 0 bridgehead atoms. The number of benzene rings is 1. The minimum atomic E-state index is -0.156. The van der Waals surface area contributed by atoms with Crippen LogP contribution in [0.15, 0.2) is 30.3 Å². The Bertz CT molecular complexity index is 571. The minimum Gasteiger partial charge on any atom is -0.493 e. The quantitative estimate of drug-likeness (QED) is 0.805. The summed E-state index contributed by atoms with van der Waals surface area (Å²) in [5.41, 5.74) is 0. The standard InChI is InChI=1S/C19H26N2O3/c1-13(22)21-18-10-15(12-24-16-5-3-2-4-6-16)9-17(18)19(23)20-11-14-7-8-14/h2-6,14-15,17-18H,7-12H2,1H3,(H,20,23)(H,21,22)/t15-,17-,18-/m1/s1. The number of hydrogen-bond acceptors (Lipinski definition) is 3. The van der Waals surface area contributed by atoms with Gasteiger partial charge in [0.05, 0.1) is 12.5 Å². The Hall–Kier alpha value is -2.04. The lowest BCUT2D eigenvalue weighted by molar-refractivity contribution is -0.126. The number of rotatable bonds is 7. The molecule has 0 aromatic heterocycles. The van der Waals surface area contributed by atoms with Crippen LogP contribution in [0.25, 0.3) is 0 Å². The zero-order valence-electron chi connectivity index (χ0n) is 14.2. The third-order valence-electron chi connectivity index (χ3n) is 4.88. The van der Waals surface area contributed by atoms with Crippen molar-refractivity contribution >= 4 is 11.8 Å². The minimum absolute atomic E-state index is 0.0721. The van der Waals surface area contributed by atoms with E-state index in [9.17, 15) is 9.59 Å².